The van der Waals surface area contributed by atoms with Crippen molar-refractivity contribution in [3.8, 4) is 0 Å². The molecular weight excluding hydrogens is 328 g/mol. The van der Waals surface area contributed by atoms with E-state index in [9.17, 15) is 24.5 Å². The van der Waals surface area contributed by atoms with Crippen LogP contribution in [0.5, 0.6) is 0 Å². The SMILES string of the molecule is Cc1ccc(NC(=O)CN2C(=O)NC(C)(C3CC3)C2=O)c([N+](=O)[O-])c1. The van der Waals surface area contributed by atoms with E-state index < -0.39 is 34.9 Å². The van der Waals surface area contributed by atoms with Gasteiger partial charge in [0.1, 0.15) is 17.8 Å². The number of nitro benzene ring substituents is 1. The second kappa shape index (κ2) is 5.83. The zero-order valence-corrected chi connectivity index (χ0v) is 13.9. The number of carbonyl (C=O) groups is 3. The molecule has 2 N–H and O–H groups in total. The predicted octanol–water partition coefficient (Wildman–Crippen LogP) is 1.56. The Balaban J connectivity index is 1.72. The summed E-state index contributed by atoms with van der Waals surface area (Å²) in [6.45, 7) is 2.87. The molecular formula is C16H18N4O5. The lowest BCUT2D eigenvalue weighted by Gasteiger charge is -2.20. The third-order valence-corrected chi connectivity index (χ3v) is 4.62. The topological polar surface area (TPSA) is 122 Å². The zero-order valence-electron chi connectivity index (χ0n) is 13.9. The van der Waals surface area contributed by atoms with Gasteiger partial charge in [-0.15, -0.1) is 0 Å². The molecule has 1 aromatic carbocycles. The van der Waals surface area contributed by atoms with Crippen LogP contribution in [0.3, 0.4) is 0 Å². The third kappa shape index (κ3) is 3.04. The van der Waals surface area contributed by atoms with Crippen molar-refractivity contribution in [3.05, 3.63) is 33.9 Å². The number of amides is 4. The standard InChI is InChI=1S/C16H18N4O5/c1-9-3-6-11(12(7-9)20(24)25)17-13(21)8-19-14(22)16(2,10-4-5-10)18-15(19)23/h3,6-7,10H,4-5,8H2,1-2H3,(H,17,21)(H,18,23). The van der Waals surface area contributed by atoms with Crippen LogP contribution in [0.2, 0.25) is 0 Å². The molecule has 1 saturated heterocycles. The van der Waals surface area contributed by atoms with Crippen LogP contribution in [-0.2, 0) is 9.59 Å². The van der Waals surface area contributed by atoms with E-state index in [-0.39, 0.29) is 17.3 Å². The molecule has 1 saturated carbocycles. The van der Waals surface area contributed by atoms with Crippen molar-refractivity contribution in [2.45, 2.75) is 32.2 Å². The summed E-state index contributed by atoms with van der Waals surface area (Å²) in [6, 6.07) is 3.77. The molecule has 9 nitrogen and oxygen atoms in total. The van der Waals surface area contributed by atoms with Crippen LogP contribution in [0.1, 0.15) is 25.3 Å². The van der Waals surface area contributed by atoms with Crippen molar-refractivity contribution < 1.29 is 19.3 Å². The highest BCUT2D eigenvalue weighted by atomic mass is 16.6. The highest BCUT2D eigenvalue weighted by Crippen LogP contribution is 2.42. The van der Waals surface area contributed by atoms with Crippen LogP contribution >= 0.6 is 0 Å². The van der Waals surface area contributed by atoms with Gasteiger partial charge in [-0.3, -0.25) is 24.6 Å². The molecule has 1 aliphatic heterocycles. The Morgan fingerprint density at radius 3 is 2.72 bits per heavy atom. The minimum Gasteiger partial charge on any atom is -0.323 e. The molecule has 4 amide bonds. The number of aryl methyl sites for hydroxylation is 1. The van der Waals surface area contributed by atoms with Crippen molar-refractivity contribution in [1.29, 1.82) is 0 Å². The fourth-order valence-corrected chi connectivity index (χ4v) is 3.03. The Hall–Kier alpha value is -2.97. The maximum atomic E-state index is 12.5. The molecule has 1 unspecified atom stereocenters. The molecule has 0 radical (unpaired) electrons. The summed E-state index contributed by atoms with van der Waals surface area (Å²) in [7, 11) is 0. The van der Waals surface area contributed by atoms with Crippen LogP contribution in [0.4, 0.5) is 16.2 Å². The smallest absolute Gasteiger partial charge is 0.323 e. The third-order valence-electron chi connectivity index (χ3n) is 4.62. The lowest BCUT2D eigenvalue weighted by atomic mass is 9.96. The van der Waals surface area contributed by atoms with Gasteiger partial charge in [0.05, 0.1) is 4.92 Å². The van der Waals surface area contributed by atoms with Gasteiger partial charge in [0.15, 0.2) is 0 Å². The molecule has 2 fully saturated rings. The number of imide groups is 1. The number of hydrogen-bond donors (Lipinski definition) is 2. The number of benzene rings is 1. The summed E-state index contributed by atoms with van der Waals surface area (Å²) in [5.41, 5.74) is -0.502. The maximum absolute atomic E-state index is 12.5. The van der Waals surface area contributed by atoms with Gasteiger partial charge < -0.3 is 10.6 Å². The monoisotopic (exact) mass is 346 g/mol. The van der Waals surface area contributed by atoms with E-state index in [2.05, 4.69) is 10.6 Å². The first-order valence-corrected chi connectivity index (χ1v) is 7.91. The summed E-state index contributed by atoms with van der Waals surface area (Å²) in [5.74, 6) is -1.01. The summed E-state index contributed by atoms with van der Waals surface area (Å²) >= 11 is 0. The van der Waals surface area contributed by atoms with Crippen LogP contribution in [-0.4, -0.2) is 39.8 Å². The zero-order chi connectivity index (χ0) is 18.4. The van der Waals surface area contributed by atoms with Gasteiger partial charge in [0.25, 0.3) is 11.6 Å². The summed E-state index contributed by atoms with van der Waals surface area (Å²) < 4.78 is 0. The molecule has 0 bridgehead atoms. The molecule has 0 spiro atoms. The lowest BCUT2D eigenvalue weighted by molar-refractivity contribution is -0.384. The van der Waals surface area contributed by atoms with Gasteiger partial charge in [0, 0.05) is 6.07 Å². The normalized spacial score (nSPS) is 22.7. The predicted molar refractivity (Wildman–Crippen MR) is 87.8 cm³/mol. The highest BCUT2D eigenvalue weighted by molar-refractivity contribution is 6.10. The lowest BCUT2D eigenvalue weighted by Crippen LogP contribution is -2.46. The summed E-state index contributed by atoms with van der Waals surface area (Å²) in [5, 5.41) is 16.1. The fourth-order valence-electron chi connectivity index (χ4n) is 3.03. The van der Waals surface area contributed by atoms with Crippen LogP contribution in [0.25, 0.3) is 0 Å². The Morgan fingerprint density at radius 1 is 1.44 bits per heavy atom. The average Bonchev–Trinajstić information content (AvgIpc) is 3.35. The summed E-state index contributed by atoms with van der Waals surface area (Å²) in [6.07, 6.45) is 1.72. The van der Waals surface area contributed by atoms with Gasteiger partial charge >= 0.3 is 6.03 Å². The average molecular weight is 346 g/mol. The number of hydrogen-bond acceptors (Lipinski definition) is 5. The largest absolute Gasteiger partial charge is 0.325 e. The summed E-state index contributed by atoms with van der Waals surface area (Å²) in [4.78, 5) is 48.1. The molecule has 1 heterocycles. The molecule has 0 aromatic heterocycles. The maximum Gasteiger partial charge on any atom is 0.325 e. The van der Waals surface area contributed by atoms with Gasteiger partial charge in [-0.1, -0.05) is 6.07 Å². The molecule has 25 heavy (non-hydrogen) atoms. The Morgan fingerprint density at radius 2 is 2.12 bits per heavy atom. The van der Waals surface area contributed by atoms with E-state index in [0.717, 1.165) is 17.7 Å². The number of carbonyl (C=O) groups excluding carboxylic acids is 3. The second-order valence-corrected chi connectivity index (χ2v) is 6.62. The van der Waals surface area contributed by atoms with E-state index in [0.29, 0.717) is 5.56 Å². The van der Waals surface area contributed by atoms with Crippen molar-refractivity contribution in [3.63, 3.8) is 0 Å². The van der Waals surface area contributed by atoms with Crippen molar-refractivity contribution in [2.75, 3.05) is 11.9 Å². The van der Waals surface area contributed by atoms with Gasteiger partial charge in [-0.2, -0.15) is 0 Å². The van der Waals surface area contributed by atoms with Crippen molar-refractivity contribution in [2.24, 2.45) is 5.92 Å². The van der Waals surface area contributed by atoms with Crippen LogP contribution in [0, 0.1) is 23.0 Å². The molecule has 1 aromatic rings. The van der Waals surface area contributed by atoms with Gasteiger partial charge in [-0.25, -0.2) is 4.79 Å². The molecule has 1 aliphatic carbocycles. The number of nitro groups is 1. The van der Waals surface area contributed by atoms with Crippen molar-refractivity contribution in [1.82, 2.24) is 10.2 Å². The second-order valence-electron chi connectivity index (χ2n) is 6.62. The van der Waals surface area contributed by atoms with Crippen LogP contribution < -0.4 is 10.6 Å². The fraction of sp³-hybridized carbons (Fsp3) is 0.438. The number of anilines is 1. The highest BCUT2D eigenvalue weighted by Gasteiger charge is 2.56. The van der Waals surface area contributed by atoms with E-state index in [1.807, 2.05) is 0 Å². The minimum atomic E-state index is -0.965. The molecule has 1 atom stereocenters. The number of rotatable bonds is 5. The quantitative estimate of drug-likeness (QED) is 0.476. The number of urea groups is 1. The minimum absolute atomic E-state index is 0.0256. The van der Waals surface area contributed by atoms with Crippen molar-refractivity contribution >= 4 is 29.2 Å². The van der Waals surface area contributed by atoms with Crippen LogP contribution in [0.15, 0.2) is 18.2 Å². The molecule has 9 heteroatoms. The first kappa shape index (κ1) is 16.9. The first-order valence-electron chi connectivity index (χ1n) is 7.91. The van der Waals surface area contributed by atoms with E-state index in [4.69, 9.17) is 0 Å². The molecule has 132 valence electrons. The molecule has 3 rings (SSSR count). The Bertz CT molecular complexity index is 789. The van der Waals surface area contributed by atoms with E-state index in [1.54, 1.807) is 19.9 Å². The Labute approximate surface area is 143 Å². The number of nitrogens with zero attached hydrogens (tertiary/aromatic N) is 2. The molecule has 2 aliphatic rings. The Kier molecular flexibility index (Phi) is 3.94. The van der Waals surface area contributed by atoms with Gasteiger partial charge in [-0.05, 0) is 44.2 Å². The number of nitrogens with one attached hydrogen (secondary N) is 2. The van der Waals surface area contributed by atoms with E-state index >= 15 is 0 Å². The first-order chi connectivity index (χ1) is 11.7. The van der Waals surface area contributed by atoms with Gasteiger partial charge in [0.2, 0.25) is 5.91 Å². The van der Waals surface area contributed by atoms with E-state index in [1.165, 1.54) is 12.1 Å².